The summed E-state index contributed by atoms with van der Waals surface area (Å²) in [6.45, 7) is 0. The monoisotopic (exact) mass is 368 g/mol. The van der Waals surface area contributed by atoms with Crippen LogP contribution in [0.5, 0.6) is 11.5 Å². The molecule has 0 spiro atoms. The summed E-state index contributed by atoms with van der Waals surface area (Å²) in [7, 11) is 3.17. The van der Waals surface area contributed by atoms with Crippen LogP contribution in [0.15, 0.2) is 58.5 Å². The van der Waals surface area contributed by atoms with Gasteiger partial charge < -0.3 is 9.47 Å². The number of hydrogen-bond acceptors (Lipinski definition) is 6. The van der Waals surface area contributed by atoms with Crippen LogP contribution in [0.2, 0.25) is 0 Å². The van der Waals surface area contributed by atoms with Crippen LogP contribution in [0, 0.1) is 0 Å². The van der Waals surface area contributed by atoms with E-state index in [9.17, 15) is 9.59 Å². The first-order valence-electron chi connectivity index (χ1n) is 7.71. The van der Waals surface area contributed by atoms with Gasteiger partial charge in [0.1, 0.15) is 11.5 Å². The van der Waals surface area contributed by atoms with Crippen molar-refractivity contribution < 1.29 is 19.1 Å². The van der Waals surface area contributed by atoms with Crippen LogP contribution in [0.3, 0.4) is 0 Å². The quantitative estimate of drug-likeness (QED) is 0.593. The van der Waals surface area contributed by atoms with Crippen LogP contribution in [0.25, 0.3) is 6.08 Å². The Kier molecular flexibility index (Phi) is 5.38. The first-order valence-corrected chi connectivity index (χ1v) is 8.52. The van der Waals surface area contributed by atoms with Gasteiger partial charge in [-0.2, -0.15) is 10.1 Å². The lowest BCUT2D eigenvalue weighted by Gasteiger charge is -2.04. The van der Waals surface area contributed by atoms with Crippen molar-refractivity contribution >= 4 is 35.2 Å². The van der Waals surface area contributed by atoms with Gasteiger partial charge in [0.05, 0.1) is 25.3 Å². The summed E-state index contributed by atoms with van der Waals surface area (Å²) in [5.41, 5.74) is 1.56. The van der Waals surface area contributed by atoms with Gasteiger partial charge in [-0.15, -0.1) is 0 Å². The van der Waals surface area contributed by atoms with Crippen molar-refractivity contribution in [1.29, 1.82) is 0 Å². The van der Waals surface area contributed by atoms with Gasteiger partial charge in [0, 0.05) is 0 Å². The van der Waals surface area contributed by atoms with Crippen LogP contribution >= 0.6 is 11.8 Å². The number of benzene rings is 2. The smallest absolute Gasteiger partial charge is 0.314 e. The minimum absolute atomic E-state index is 0.326. The summed E-state index contributed by atoms with van der Waals surface area (Å²) in [5, 5.41) is 4.45. The van der Waals surface area contributed by atoms with Crippen molar-refractivity contribution in [3.8, 4) is 11.5 Å². The summed E-state index contributed by atoms with van der Waals surface area (Å²) in [5.74, 6) is 0.996. The molecule has 0 atom stereocenters. The van der Waals surface area contributed by atoms with Gasteiger partial charge in [-0.25, -0.2) is 0 Å². The molecule has 1 saturated heterocycles. The number of methoxy groups -OCH3 is 2. The SMILES string of the molecule is COc1ccc(/C=C2\SC(=O)N(/N=C/c3ccc(OC)cc3)C2=O)cc1. The summed E-state index contributed by atoms with van der Waals surface area (Å²) < 4.78 is 10.2. The number of thioether (sulfide) groups is 1. The van der Waals surface area contributed by atoms with E-state index in [-0.39, 0.29) is 0 Å². The molecular weight excluding hydrogens is 352 g/mol. The lowest BCUT2D eigenvalue weighted by atomic mass is 10.2. The molecule has 2 aromatic carbocycles. The Labute approximate surface area is 155 Å². The summed E-state index contributed by atoms with van der Waals surface area (Å²) in [4.78, 5) is 24.8. The maximum Gasteiger partial charge on any atom is 0.314 e. The van der Waals surface area contributed by atoms with Crippen molar-refractivity contribution in [1.82, 2.24) is 5.01 Å². The second kappa shape index (κ2) is 7.88. The number of amides is 2. The van der Waals surface area contributed by atoms with Gasteiger partial charge >= 0.3 is 5.24 Å². The minimum atomic E-state index is -0.444. The summed E-state index contributed by atoms with van der Waals surface area (Å²) in [6.07, 6.45) is 3.12. The van der Waals surface area contributed by atoms with Crippen molar-refractivity contribution in [3.05, 3.63) is 64.6 Å². The molecule has 0 unspecified atom stereocenters. The Bertz CT molecular complexity index is 873. The van der Waals surface area contributed by atoms with Gasteiger partial charge in [0.2, 0.25) is 0 Å². The fourth-order valence-electron chi connectivity index (χ4n) is 2.22. The number of carbonyl (C=O) groups excluding carboxylic acids is 2. The zero-order chi connectivity index (χ0) is 18.5. The van der Waals surface area contributed by atoms with Gasteiger partial charge in [-0.05, 0) is 65.4 Å². The molecule has 0 aliphatic carbocycles. The first kappa shape index (κ1) is 17.8. The van der Waals surface area contributed by atoms with Crippen molar-refractivity contribution in [2.45, 2.75) is 0 Å². The number of hydrazone groups is 1. The molecule has 6 nitrogen and oxygen atoms in total. The molecule has 2 amide bonds. The first-order chi connectivity index (χ1) is 12.6. The van der Waals surface area contributed by atoms with Crippen molar-refractivity contribution in [3.63, 3.8) is 0 Å². The third-order valence-electron chi connectivity index (χ3n) is 3.63. The molecule has 3 rings (SSSR count). The predicted molar refractivity (Wildman–Crippen MR) is 101 cm³/mol. The largest absolute Gasteiger partial charge is 0.497 e. The van der Waals surface area contributed by atoms with E-state index < -0.39 is 11.1 Å². The second-order valence-electron chi connectivity index (χ2n) is 5.28. The highest BCUT2D eigenvalue weighted by Crippen LogP contribution is 2.32. The molecule has 26 heavy (non-hydrogen) atoms. The van der Waals surface area contributed by atoms with Crippen LogP contribution < -0.4 is 9.47 Å². The molecule has 2 aromatic rings. The molecule has 1 heterocycles. The third kappa shape index (κ3) is 3.94. The number of hydrogen-bond donors (Lipinski definition) is 0. The zero-order valence-electron chi connectivity index (χ0n) is 14.2. The van der Waals surface area contributed by atoms with E-state index in [1.165, 1.54) is 6.21 Å². The second-order valence-corrected chi connectivity index (χ2v) is 6.28. The molecule has 1 aliphatic rings. The number of rotatable bonds is 5. The van der Waals surface area contributed by atoms with Crippen molar-refractivity contribution in [2.75, 3.05) is 14.2 Å². The standard InChI is InChI=1S/C19H16N2O4S/c1-24-15-7-3-13(4-8-15)11-17-18(22)21(19(23)26-17)20-12-14-5-9-16(25-2)10-6-14/h3-12H,1-2H3/b17-11-,20-12+. The van der Waals surface area contributed by atoms with E-state index in [2.05, 4.69) is 5.10 Å². The number of ether oxygens (including phenoxy) is 2. The molecular formula is C19H16N2O4S. The molecule has 1 fully saturated rings. The van der Waals surface area contributed by atoms with Gasteiger partial charge in [0.15, 0.2) is 0 Å². The van der Waals surface area contributed by atoms with Crippen LogP contribution in [0.4, 0.5) is 4.79 Å². The molecule has 0 aromatic heterocycles. The van der Waals surface area contributed by atoms with Gasteiger partial charge in [-0.1, -0.05) is 12.1 Å². The van der Waals surface area contributed by atoms with Gasteiger partial charge in [0.25, 0.3) is 5.91 Å². The fourth-order valence-corrected chi connectivity index (χ4v) is 3.00. The molecule has 132 valence electrons. The van der Waals surface area contributed by atoms with Crippen molar-refractivity contribution in [2.24, 2.45) is 5.10 Å². The number of nitrogens with zero attached hydrogens (tertiary/aromatic N) is 2. The highest BCUT2D eigenvalue weighted by atomic mass is 32.2. The summed E-state index contributed by atoms with van der Waals surface area (Å²) in [6, 6.07) is 14.3. The minimum Gasteiger partial charge on any atom is -0.497 e. The van der Waals surface area contributed by atoms with Gasteiger partial charge in [-0.3, -0.25) is 9.59 Å². The Morgan fingerprint density at radius 3 is 1.96 bits per heavy atom. The Morgan fingerprint density at radius 2 is 1.42 bits per heavy atom. The highest BCUT2D eigenvalue weighted by molar-refractivity contribution is 8.18. The average molecular weight is 368 g/mol. The number of carbonyl (C=O) groups is 2. The molecule has 1 aliphatic heterocycles. The Morgan fingerprint density at radius 1 is 0.885 bits per heavy atom. The third-order valence-corrected chi connectivity index (χ3v) is 4.48. The fraction of sp³-hybridized carbons (Fsp3) is 0.105. The Hall–Kier alpha value is -3.06. The lowest BCUT2D eigenvalue weighted by Crippen LogP contribution is -2.22. The van der Waals surface area contributed by atoms with E-state index in [0.29, 0.717) is 4.91 Å². The van der Waals surface area contributed by atoms with E-state index in [1.807, 2.05) is 12.1 Å². The Balaban J connectivity index is 1.75. The molecule has 7 heteroatoms. The topological polar surface area (TPSA) is 68.2 Å². The summed E-state index contributed by atoms with van der Waals surface area (Å²) >= 11 is 0.861. The van der Waals surface area contributed by atoms with Crippen LogP contribution in [-0.2, 0) is 4.79 Å². The van der Waals surface area contributed by atoms with E-state index in [0.717, 1.165) is 39.4 Å². The van der Waals surface area contributed by atoms with E-state index in [4.69, 9.17) is 9.47 Å². The van der Waals surface area contributed by atoms with E-state index >= 15 is 0 Å². The normalized spacial score (nSPS) is 15.9. The molecule has 0 radical (unpaired) electrons. The number of imide groups is 1. The zero-order valence-corrected chi connectivity index (χ0v) is 15.0. The average Bonchev–Trinajstić information content (AvgIpc) is 2.94. The maximum atomic E-state index is 12.4. The molecule has 0 saturated carbocycles. The molecule has 0 N–H and O–H groups in total. The van der Waals surface area contributed by atoms with Crippen LogP contribution in [0.1, 0.15) is 11.1 Å². The van der Waals surface area contributed by atoms with Crippen LogP contribution in [-0.4, -0.2) is 36.6 Å². The predicted octanol–water partition coefficient (Wildman–Crippen LogP) is 3.77. The maximum absolute atomic E-state index is 12.4. The van der Waals surface area contributed by atoms with E-state index in [1.54, 1.807) is 56.7 Å². The highest BCUT2D eigenvalue weighted by Gasteiger charge is 2.35. The molecule has 0 bridgehead atoms. The lowest BCUT2D eigenvalue weighted by molar-refractivity contribution is -0.122.